The highest BCUT2D eigenvalue weighted by atomic mass is 19.1. The van der Waals surface area contributed by atoms with Crippen molar-refractivity contribution >= 4 is 12.0 Å². The molecule has 1 atom stereocenters. The molecular formula is C8H8FNO. The number of benzene rings is 1. The van der Waals surface area contributed by atoms with Crippen molar-refractivity contribution in [3.63, 3.8) is 0 Å². The molecule has 0 spiro atoms. The van der Waals surface area contributed by atoms with Gasteiger partial charge in [-0.25, -0.2) is 4.39 Å². The minimum atomic E-state index is -1.53. The number of hydrogen-bond donors (Lipinski definition) is 1. The first kappa shape index (κ1) is 7.72. The van der Waals surface area contributed by atoms with E-state index in [1.807, 2.05) is 0 Å². The third-order valence-corrected chi connectivity index (χ3v) is 1.37. The number of anilines is 1. The standard InChI is InChI=1S/C8H8FNO/c9-8(5-11)6-1-3-7(10)4-2-6/h1-5,8H,10H2. The first-order valence-corrected chi connectivity index (χ1v) is 3.19. The summed E-state index contributed by atoms with van der Waals surface area (Å²) in [5, 5.41) is 0. The van der Waals surface area contributed by atoms with Crippen LogP contribution in [0.15, 0.2) is 24.3 Å². The lowest BCUT2D eigenvalue weighted by atomic mass is 10.1. The molecule has 3 heteroatoms. The highest BCUT2D eigenvalue weighted by molar-refractivity contribution is 5.60. The Labute approximate surface area is 63.8 Å². The fourth-order valence-electron chi connectivity index (χ4n) is 0.758. The van der Waals surface area contributed by atoms with Gasteiger partial charge in [0.1, 0.15) is 0 Å². The molecule has 0 saturated carbocycles. The molecule has 0 bridgehead atoms. The second-order valence-electron chi connectivity index (χ2n) is 2.20. The summed E-state index contributed by atoms with van der Waals surface area (Å²) in [5.74, 6) is 0. The van der Waals surface area contributed by atoms with Crippen LogP contribution in [-0.2, 0) is 4.79 Å². The Hall–Kier alpha value is -1.38. The maximum atomic E-state index is 12.6. The molecule has 1 aromatic rings. The highest BCUT2D eigenvalue weighted by Crippen LogP contribution is 2.15. The molecule has 0 radical (unpaired) electrons. The van der Waals surface area contributed by atoms with Crippen LogP contribution < -0.4 is 5.73 Å². The molecule has 1 unspecified atom stereocenters. The zero-order valence-electron chi connectivity index (χ0n) is 5.83. The van der Waals surface area contributed by atoms with E-state index in [9.17, 15) is 9.18 Å². The third-order valence-electron chi connectivity index (χ3n) is 1.37. The van der Waals surface area contributed by atoms with Crippen LogP contribution in [0.4, 0.5) is 10.1 Å². The molecule has 2 N–H and O–H groups in total. The van der Waals surface area contributed by atoms with Gasteiger partial charge in [0.2, 0.25) is 0 Å². The summed E-state index contributed by atoms with van der Waals surface area (Å²) in [6.07, 6.45) is -1.28. The van der Waals surface area contributed by atoms with Crippen molar-refractivity contribution in [2.75, 3.05) is 5.73 Å². The molecule has 0 aromatic heterocycles. The molecule has 0 saturated heterocycles. The second kappa shape index (κ2) is 3.14. The number of aldehydes is 1. The number of carbonyl (C=O) groups excluding carboxylic acids is 1. The van der Waals surface area contributed by atoms with E-state index < -0.39 is 6.17 Å². The monoisotopic (exact) mass is 153 g/mol. The van der Waals surface area contributed by atoms with Crippen LogP contribution in [0, 0.1) is 0 Å². The number of nitrogen functional groups attached to an aromatic ring is 1. The Morgan fingerprint density at radius 2 is 1.91 bits per heavy atom. The first-order chi connectivity index (χ1) is 5.24. The van der Waals surface area contributed by atoms with Crippen LogP contribution in [0.2, 0.25) is 0 Å². The Morgan fingerprint density at radius 1 is 1.36 bits per heavy atom. The lowest BCUT2D eigenvalue weighted by molar-refractivity contribution is -0.112. The highest BCUT2D eigenvalue weighted by Gasteiger charge is 2.05. The van der Waals surface area contributed by atoms with Gasteiger partial charge in [-0.2, -0.15) is 0 Å². The normalized spacial score (nSPS) is 12.5. The Morgan fingerprint density at radius 3 is 2.36 bits per heavy atom. The molecule has 1 aromatic carbocycles. The molecule has 58 valence electrons. The Kier molecular flexibility index (Phi) is 2.21. The van der Waals surface area contributed by atoms with E-state index in [4.69, 9.17) is 5.73 Å². The van der Waals surface area contributed by atoms with Crippen LogP contribution >= 0.6 is 0 Å². The molecule has 0 aliphatic carbocycles. The summed E-state index contributed by atoms with van der Waals surface area (Å²) in [6.45, 7) is 0. The number of halogens is 1. The molecule has 0 heterocycles. The van der Waals surface area contributed by atoms with Gasteiger partial charge < -0.3 is 5.73 Å². The summed E-state index contributed by atoms with van der Waals surface area (Å²) < 4.78 is 12.6. The second-order valence-corrected chi connectivity index (χ2v) is 2.20. The fourth-order valence-corrected chi connectivity index (χ4v) is 0.758. The van der Waals surface area contributed by atoms with Crippen molar-refractivity contribution in [3.05, 3.63) is 29.8 Å². The minimum absolute atomic E-state index is 0.255. The van der Waals surface area contributed by atoms with E-state index >= 15 is 0 Å². The molecule has 1 rings (SSSR count). The zero-order valence-corrected chi connectivity index (χ0v) is 5.83. The predicted molar refractivity (Wildman–Crippen MR) is 40.8 cm³/mol. The summed E-state index contributed by atoms with van der Waals surface area (Å²) in [6, 6.07) is 6.11. The van der Waals surface area contributed by atoms with Crippen molar-refractivity contribution in [2.45, 2.75) is 6.17 Å². The average molecular weight is 153 g/mol. The van der Waals surface area contributed by atoms with Crippen LogP contribution in [0.5, 0.6) is 0 Å². The van der Waals surface area contributed by atoms with Crippen molar-refractivity contribution < 1.29 is 9.18 Å². The third kappa shape index (κ3) is 1.77. The van der Waals surface area contributed by atoms with Gasteiger partial charge in [-0.1, -0.05) is 12.1 Å². The Balaban J connectivity index is 2.89. The molecule has 0 aliphatic rings. The SMILES string of the molecule is Nc1ccc(C(F)C=O)cc1. The summed E-state index contributed by atoms with van der Waals surface area (Å²) >= 11 is 0. The van der Waals surface area contributed by atoms with Gasteiger partial charge in [0.25, 0.3) is 0 Å². The maximum Gasteiger partial charge on any atom is 0.180 e. The minimum Gasteiger partial charge on any atom is -0.399 e. The lowest BCUT2D eigenvalue weighted by Gasteiger charge is -1.99. The van der Waals surface area contributed by atoms with Crippen LogP contribution in [-0.4, -0.2) is 6.29 Å². The quantitative estimate of drug-likeness (QED) is 0.516. The first-order valence-electron chi connectivity index (χ1n) is 3.19. The van der Waals surface area contributed by atoms with Crippen LogP contribution in [0.25, 0.3) is 0 Å². The smallest absolute Gasteiger partial charge is 0.180 e. The van der Waals surface area contributed by atoms with Gasteiger partial charge in [0.05, 0.1) is 0 Å². The van der Waals surface area contributed by atoms with E-state index in [0.29, 0.717) is 11.3 Å². The topological polar surface area (TPSA) is 43.1 Å². The van der Waals surface area contributed by atoms with Crippen molar-refractivity contribution in [1.82, 2.24) is 0 Å². The van der Waals surface area contributed by atoms with E-state index in [2.05, 4.69) is 0 Å². The fraction of sp³-hybridized carbons (Fsp3) is 0.125. The summed E-state index contributed by atoms with van der Waals surface area (Å²) in [5.41, 5.74) is 6.26. The number of hydrogen-bond acceptors (Lipinski definition) is 2. The largest absolute Gasteiger partial charge is 0.399 e. The van der Waals surface area contributed by atoms with Crippen LogP contribution in [0.1, 0.15) is 11.7 Å². The van der Waals surface area contributed by atoms with E-state index in [0.717, 1.165) is 0 Å². The molecular weight excluding hydrogens is 145 g/mol. The average Bonchev–Trinajstić information content (AvgIpc) is 2.05. The van der Waals surface area contributed by atoms with Crippen LogP contribution in [0.3, 0.4) is 0 Å². The van der Waals surface area contributed by atoms with Gasteiger partial charge in [-0.3, -0.25) is 4.79 Å². The van der Waals surface area contributed by atoms with Gasteiger partial charge in [-0.15, -0.1) is 0 Å². The molecule has 11 heavy (non-hydrogen) atoms. The summed E-state index contributed by atoms with van der Waals surface area (Å²) in [7, 11) is 0. The maximum absolute atomic E-state index is 12.6. The van der Waals surface area contributed by atoms with Gasteiger partial charge in [-0.05, 0) is 17.7 Å². The van der Waals surface area contributed by atoms with E-state index in [1.54, 1.807) is 12.1 Å². The molecule has 2 nitrogen and oxygen atoms in total. The number of rotatable bonds is 2. The number of nitrogens with two attached hydrogens (primary N) is 1. The predicted octanol–water partition coefficient (Wildman–Crippen LogP) is 1.48. The molecule has 0 fully saturated rings. The van der Waals surface area contributed by atoms with E-state index in [1.165, 1.54) is 12.1 Å². The summed E-state index contributed by atoms with van der Waals surface area (Å²) in [4.78, 5) is 9.98. The van der Waals surface area contributed by atoms with Crippen molar-refractivity contribution in [2.24, 2.45) is 0 Å². The van der Waals surface area contributed by atoms with Gasteiger partial charge in [0.15, 0.2) is 12.5 Å². The number of carbonyl (C=O) groups is 1. The lowest BCUT2D eigenvalue weighted by Crippen LogP contribution is -1.92. The van der Waals surface area contributed by atoms with Crippen molar-refractivity contribution in [3.8, 4) is 0 Å². The molecule has 0 amide bonds. The van der Waals surface area contributed by atoms with Crippen molar-refractivity contribution in [1.29, 1.82) is 0 Å². The van der Waals surface area contributed by atoms with Gasteiger partial charge >= 0.3 is 0 Å². The van der Waals surface area contributed by atoms with E-state index in [-0.39, 0.29) is 6.29 Å². The molecule has 0 aliphatic heterocycles. The zero-order chi connectivity index (χ0) is 8.27. The number of alkyl halides is 1. The Bertz CT molecular complexity index is 245. The van der Waals surface area contributed by atoms with Gasteiger partial charge in [0, 0.05) is 5.69 Å².